The number of carbonyl (C=O) groups excluding carboxylic acids is 2. The van der Waals surface area contributed by atoms with Gasteiger partial charge in [0.2, 0.25) is 11.8 Å². The maximum absolute atomic E-state index is 12.2. The SMILES string of the molecule is Cc1cc(N2CCC(N3CC(C(N)=O)CC3=O)CC2)nc(C2CC2)n1. The predicted molar refractivity (Wildman–Crippen MR) is 93.0 cm³/mol. The molecule has 1 saturated carbocycles. The van der Waals surface area contributed by atoms with Crippen molar-refractivity contribution in [3.8, 4) is 0 Å². The van der Waals surface area contributed by atoms with Crippen molar-refractivity contribution in [2.24, 2.45) is 11.7 Å². The summed E-state index contributed by atoms with van der Waals surface area (Å²) in [5.41, 5.74) is 6.39. The number of nitrogens with zero attached hydrogens (tertiary/aromatic N) is 4. The molecule has 1 atom stereocenters. The molecule has 2 amide bonds. The summed E-state index contributed by atoms with van der Waals surface area (Å²) in [6.07, 6.45) is 4.47. The van der Waals surface area contributed by atoms with Gasteiger partial charge in [-0.25, -0.2) is 9.97 Å². The van der Waals surface area contributed by atoms with E-state index >= 15 is 0 Å². The highest BCUT2D eigenvalue weighted by Crippen LogP contribution is 2.39. The number of hydrogen-bond donors (Lipinski definition) is 1. The first-order valence-electron chi connectivity index (χ1n) is 9.20. The van der Waals surface area contributed by atoms with E-state index in [2.05, 4.69) is 16.0 Å². The van der Waals surface area contributed by atoms with Crippen molar-refractivity contribution in [1.29, 1.82) is 0 Å². The average Bonchev–Trinajstić information content (AvgIpc) is 3.37. The van der Waals surface area contributed by atoms with Gasteiger partial charge in [-0.3, -0.25) is 9.59 Å². The van der Waals surface area contributed by atoms with E-state index in [0.29, 0.717) is 12.5 Å². The van der Waals surface area contributed by atoms with Gasteiger partial charge in [-0.2, -0.15) is 0 Å². The Morgan fingerprint density at radius 2 is 1.92 bits per heavy atom. The van der Waals surface area contributed by atoms with Gasteiger partial charge in [-0.1, -0.05) is 0 Å². The van der Waals surface area contributed by atoms with E-state index in [1.807, 2.05) is 11.8 Å². The Labute approximate surface area is 147 Å². The molecule has 4 rings (SSSR count). The summed E-state index contributed by atoms with van der Waals surface area (Å²) >= 11 is 0. The van der Waals surface area contributed by atoms with Crippen molar-refractivity contribution in [3.63, 3.8) is 0 Å². The average molecular weight is 343 g/mol. The number of aryl methyl sites for hydroxylation is 1. The molecule has 2 N–H and O–H groups in total. The van der Waals surface area contributed by atoms with Crippen molar-refractivity contribution in [3.05, 3.63) is 17.6 Å². The highest BCUT2D eigenvalue weighted by molar-refractivity contribution is 5.88. The van der Waals surface area contributed by atoms with Gasteiger partial charge in [0.05, 0.1) is 5.92 Å². The second-order valence-electron chi connectivity index (χ2n) is 7.57. The van der Waals surface area contributed by atoms with Crippen molar-refractivity contribution in [2.75, 3.05) is 24.5 Å². The van der Waals surface area contributed by atoms with E-state index in [1.165, 1.54) is 12.8 Å². The summed E-state index contributed by atoms with van der Waals surface area (Å²) in [7, 11) is 0. The fraction of sp³-hybridized carbons (Fsp3) is 0.667. The number of nitrogens with two attached hydrogens (primary N) is 1. The van der Waals surface area contributed by atoms with E-state index in [-0.39, 0.29) is 30.2 Å². The first kappa shape index (κ1) is 16.3. The second-order valence-corrected chi connectivity index (χ2v) is 7.57. The quantitative estimate of drug-likeness (QED) is 0.879. The fourth-order valence-corrected chi connectivity index (χ4v) is 3.94. The third-order valence-electron chi connectivity index (χ3n) is 5.59. The monoisotopic (exact) mass is 343 g/mol. The smallest absolute Gasteiger partial charge is 0.223 e. The molecule has 0 aromatic carbocycles. The van der Waals surface area contributed by atoms with Gasteiger partial charge in [0.25, 0.3) is 0 Å². The van der Waals surface area contributed by atoms with Crippen LogP contribution in [0.25, 0.3) is 0 Å². The molecule has 1 aromatic heterocycles. The van der Waals surface area contributed by atoms with Crippen LogP contribution in [0.4, 0.5) is 5.82 Å². The molecule has 1 unspecified atom stereocenters. The lowest BCUT2D eigenvalue weighted by Gasteiger charge is -2.37. The lowest BCUT2D eigenvalue weighted by molar-refractivity contribution is -0.130. The van der Waals surface area contributed by atoms with Gasteiger partial charge in [0.1, 0.15) is 11.6 Å². The number of hydrogen-bond acceptors (Lipinski definition) is 5. The Morgan fingerprint density at radius 1 is 1.20 bits per heavy atom. The highest BCUT2D eigenvalue weighted by Gasteiger charge is 2.38. The molecule has 3 aliphatic rings. The lowest BCUT2D eigenvalue weighted by atomic mass is 10.0. The molecule has 3 fully saturated rings. The maximum atomic E-state index is 12.2. The van der Waals surface area contributed by atoms with Crippen molar-refractivity contribution < 1.29 is 9.59 Å². The summed E-state index contributed by atoms with van der Waals surface area (Å²) in [6.45, 7) is 4.25. The zero-order chi connectivity index (χ0) is 17.6. The van der Waals surface area contributed by atoms with Gasteiger partial charge < -0.3 is 15.5 Å². The molecule has 0 bridgehead atoms. The van der Waals surface area contributed by atoms with Crippen LogP contribution in [0.2, 0.25) is 0 Å². The maximum Gasteiger partial charge on any atom is 0.223 e. The van der Waals surface area contributed by atoms with Crippen LogP contribution in [-0.2, 0) is 9.59 Å². The first-order valence-corrected chi connectivity index (χ1v) is 9.20. The predicted octanol–water partition coefficient (Wildman–Crippen LogP) is 0.965. The summed E-state index contributed by atoms with van der Waals surface area (Å²) in [5, 5.41) is 0. The van der Waals surface area contributed by atoms with Crippen LogP contribution >= 0.6 is 0 Å². The number of likely N-dealkylation sites (tertiary alicyclic amines) is 1. The Hall–Kier alpha value is -2.18. The molecule has 0 spiro atoms. The van der Waals surface area contributed by atoms with Gasteiger partial charge in [-0.15, -0.1) is 0 Å². The summed E-state index contributed by atoms with van der Waals surface area (Å²) in [6, 6.07) is 2.26. The molecule has 25 heavy (non-hydrogen) atoms. The van der Waals surface area contributed by atoms with Crippen LogP contribution in [0.3, 0.4) is 0 Å². The molecule has 7 heteroatoms. The van der Waals surface area contributed by atoms with Crippen LogP contribution in [-0.4, -0.2) is 52.4 Å². The number of piperidine rings is 1. The van der Waals surface area contributed by atoms with E-state index in [1.54, 1.807) is 0 Å². The van der Waals surface area contributed by atoms with Crippen LogP contribution < -0.4 is 10.6 Å². The Morgan fingerprint density at radius 3 is 2.52 bits per heavy atom. The number of primary amides is 1. The normalized spacial score (nSPS) is 24.8. The first-order chi connectivity index (χ1) is 12.0. The largest absolute Gasteiger partial charge is 0.369 e. The lowest BCUT2D eigenvalue weighted by Crippen LogP contribution is -2.46. The molecule has 1 aliphatic carbocycles. The summed E-state index contributed by atoms with van der Waals surface area (Å²) in [4.78, 5) is 37.0. The molecular formula is C18H25N5O2. The topological polar surface area (TPSA) is 92.4 Å². The molecule has 0 radical (unpaired) electrons. The third-order valence-corrected chi connectivity index (χ3v) is 5.59. The number of aromatic nitrogens is 2. The van der Waals surface area contributed by atoms with Crippen molar-refractivity contribution >= 4 is 17.6 Å². The Balaban J connectivity index is 1.40. The number of amides is 2. The number of anilines is 1. The van der Waals surface area contributed by atoms with Crippen LogP contribution in [0.15, 0.2) is 6.07 Å². The molecular weight excluding hydrogens is 318 g/mol. The van der Waals surface area contributed by atoms with Crippen molar-refractivity contribution in [1.82, 2.24) is 14.9 Å². The third kappa shape index (κ3) is 3.32. The highest BCUT2D eigenvalue weighted by atomic mass is 16.2. The minimum absolute atomic E-state index is 0.0659. The van der Waals surface area contributed by atoms with E-state index in [9.17, 15) is 9.59 Å². The van der Waals surface area contributed by atoms with Crippen LogP contribution in [0.5, 0.6) is 0 Å². The number of rotatable bonds is 4. The molecule has 134 valence electrons. The standard InChI is InChI=1S/C18H25N5O2/c1-11-8-15(21-18(20-11)12-2-3-12)22-6-4-14(5-7-22)23-10-13(17(19)25)9-16(23)24/h8,12-14H,2-7,9-10H2,1H3,(H2,19,25). The molecule has 3 heterocycles. The number of carbonyl (C=O) groups is 2. The molecule has 1 aromatic rings. The molecule has 2 saturated heterocycles. The van der Waals surface area contributed by atoms with Gasteiger partial charge in [0, 0.05) is 49.8 Å². The molecule has 7 nitrogen and oxygen atoms in total. The minimum Gasteiger partial charge on any atom is -0.369 e. The molecule has 2 aliphatic heterocycles. The fourth-order valence-electron chi connectivity index (χ4n) is 3.94. The van der Waals surface area contributed by atoms with Gasteiger partial charge in [-0.05, 0) is 32.6 Å². The Bertz CT molecular complexity index is 695. The van der Waals surface area contributed by atoms with Gasteiger partial charge in [0.15, 0.2) is 0 Å². The van der Waals surface area contributed by atoms with Crippen molar-refractivity contribution in [2.45, 2.75) is 51.0 Å². The zero-order valence-electron chi connectivity index (χ0n) is 14.6. The van der Waals surface area contributed by atoms with E-state index in [0.717, 1.165) is 43.3 Å². The second kappa shape index (κ2) is 6.28. The van der Waals surface area contributed by atoms with E-state index in [4.69, 9.17) is 10.7 Å². The minimum atomic E-state index is -0.364. The van der Waals surface area contributed by atoms with Crippen LogP contribution in [0.1, 0.15) is 49.5 Å². The zero-order valence-corrected chi connectivity index (χ0v) is 14.6. The van der Waals surface area contributed by atoms with Crippen LogP contribution in [0, 0.1) is 12.8 Å². The Kier molecular flexibility index (Phi) is 4.09. The summed E-state index contributed by atoms with van der Waals surface area (Å²) < 4.78 is 0. The van der Waals surface area contributed by atoms with Gasteiger partial charge >= 0.3 is 0 Å². The summed E-state index contributed by atoms with van der Waals surface area (Å²) in [5.74, 6) is 1.92. The van der Waals surface area contributed by atoms with E-state index < -0.39 is 0 Å².